The molecule has 8 rings (SSSR count). The second-order valence-electron chi connectivity index (χ2n) is 29.6. The average Bonchev–Trinajstić information content (AvgIpc) is 1.63. The van der Waals surface area contributed by atoms with Crippen molar-refractivity contribution in [1.82, 2.24) is 36.4 Å². The quantitative estimate of drug-likeness (QED) is 0.0118. The molecule has 2 aliphatic carbocycles. The van der Waals surface area contributed by atoms with Crippen LogP contribution in [-0.4, -0.2) is 165 Å². The van der Waals surface area contributed by atoms with Gasteiger partial charge in [0.15, 0.2) is 0 Å². The number of benzene rings is 6. The molecule has 7 amide bonds. The minimum Gasteiger partial charge on any atom is -0.469 e. The molecule has 25 heteroatoms. The number of halogens is 1. The van der Waals surface area contributed by atoms with Crippen LogP contribution < -0.4 is 32.3 Å². The van der Waals surface area contributed by atoms with Crippen molar-refractivity contribution in [3.8, 4) is 0 Å². The number of amides is 7. The van der Waals surface area contributed by atoms with Crippen LogP contribution in [-0.2, 0) is 60.7 Å². The highest BCUT2D eigenvalue weighted by atomic mass is 35.5. The summed E-state index contributed by atoms with van der Waals surface area (Å²) in [5, 5.41) is 14.3. The molecule has 0 aliphatic heterocycles. The molecule has 6 aromatic carbocycles. The highest BCUT2D eigenvalue weighted by Crippen LogP contribution is 2.46. The predicted octanol–water partition coefficient (Wildman–Crippen LogP) is 13.7. The lowest BCUT2D eigenvalue weighted by atomic mass is 10.1. The zero-order valence-corrected chi connectivity index (χ0v) is 67.1. The van der Waals surface area contributed by atoms with E-state index in [1.165, 1.54) is 37.5 Å². The van der Waals surface area contributed by atoms with Crippen molar-refractivity contribution in [3.05, 3.63) is 214 Å². The number of carbonyl (C=O) groups is 11. The summed E-state index contributed by atoms with van der Waals surface area (Å²) >= 11 is 0. The monoisotopic (exact) mass is 1580 g/mol. The fraction of sp³-hybridized carbons (Fsp3) is 0.466. The molecule has 24 nitrogen and oxygen atoms in total. The normalized spacial score (nSPS) is 14.8. The SMILES string of the molecule is C.COC(=O)CCCC(=O)CCNC(=O)c1cccc(C(=O)N[C@@H](CCCCN(C(=O)OC(C)(C)C)C2CC2c2ccccc2)C(=O)NCc2ccccc2)c1.COC(=O)c1cccc(C(=O)N[C@@H](CCCCN(C(=O)OC(C)(C)C)C2CC2c2ccccc2)C(=O)NCc2ccccc2)c1.COCCCCC(=O)CCN.Cl. The molecule has 113 heavy (non-hydrogen) atoms. The molecule has 6 atom stereocenters. The van der Waals surface area contributed by atoms with Gasteiger partial charge in [0.05, 0.1) is 19.8 Å². The number of carbonyl (C=O) groups excluding carboxylic acids is 11. The van der Waals surface area contributed by atoms with Crippen molar-refractivity contribution in [3.63, 3.8) is 0 Å². The third-order valence-corrected chi connectivity index (χ3v) is 18.3. The Kier molecular flexibility index (Phi) is 42.0. The fourth-order valence-electron chi connectivity index (χ4n) is 12.3. The molecule has 0 radical (unpaired) electrons. The average molecular weight is 1580 g/mol. The number of ketones is 2. The predicted molar refractivity (Wildman–Crippen MR) is 438 cm³/mol. The first-order valence-electron chi connectivity index (χ1n) is 38.4. The molecule has 4 unspecified atom stereocenters. The lowest BCUT2D eigenvalue weighted by Crippen LogP contribution is -2.46. The van der Waals surface area contributed by atoms with Crippen molar-refractivity contribution in [2.45, 2.75) is 212 Å². The molecular formula is C88H119ClN8O16. The summed E-state index contributed by atoms with van der Waals surface area (Å²) < 4.78 is 25.7. The summed E-state index contributed by atoms with van der Waals surface area (Å²) in [6.07, 6.45) is 7.90. The van der Waals surface area contributed by atoms with E-state index in [4.69, 9.17) is 24.7 Å². The highest BCUT2D eigenvalue weighted by molar-refractivity contribution is 6.02. The van der Waals surface area contributed by atoms with Gasteiger partial charge in [0, 0.05) is 119 Å². The summed E-state index contributed by atoms with van der Waals surface area (Å²) in [6.45, 7) is 13.9. The summed E-state index contributed by atoms with van der Waals surface area (Å²) in [7, 11) is 4.24. The number of rotatable bonds is 40. The Morgan fingerprint density at radius 3 is 1.27 bits per heavy atom. The van der Waals surface area contributed by atoms with Crippen molar-refractivity contribution < 1.29 is 76.4 Å². The van der Waals surface area contributed by atoms with Gasteiger partial charge in [-0.2, -0.15) is 0 Å². The lowest BCUT2D eigenvalue weighted by Gasteiger charge is -2.28. The zero-order chi connectivity index (χ0) is 80.7. The number of hydrogen-bond acceptors (Lipinski definition) is 17. The van der Waals surface area contributed by atoms with E-state index in [2.05, 4.69) is 55.6 Å². The maximum absolute atomic E-state index is 13.5. The maximum atomic E-state index is 13.5. The van der Waals surface area contributed by atoms with Gasteiger partial charge in [-0.3, -0.25) is 38.4 Å². The summed E-state index contributed by atoms with van der Waals surface area (Å²) in [5.41, 5.74) is 9.09. The minimum atomic E-state index is -0.883. The minimum absolute atomic E-state index is 0. The Hall–Kier alpha value is -10.3. The smallest absolute Gasteiger partial charge is 0.410 e. The molecule has 0 heterocycles. The molecule has 2 aliphatic rings. The zero-order valence-electron chi connectivity index (χ0n) is 66.3. The number of hydrogen-bond donors (Lipinski definition) is 6. The van der Waals surface area contributed by atoms with E-state index in [0.29, 0.717) is 84.0 Å². The van der Waals surface area contributed by atoms with Crippen LogP contribution in [0.25, 0.3) is 0 Å². The van der Waals surface area contributed by atoms with Crippen LogP contribution in [0.15, 0.2) is 170 Å². The summed E-state index contributed by atoms with van der Waals surface area (Å²) in [5.74, 6) is -2.37. The van der Waals surface area contributed by atoms with E-state index >= 15 is 0 Å². The standard InChI is InChI=1S/C43H54N4O8.C36H43N3O6.C8H17NO2.CH4.ClH/c1-43(2,3)55-42(53)47(37-28-35(37)31-17-9-6-10-18-31)26-12-11-22-36(41(52)45-29-30-15-7-5-8-16-30)46-40(51)33-20-13-19-32(27-33)39(50)44-25-24-34(48)21-14-23-38(49)54-4;1-36(2,3)45-35(43)39(31-23-29(31)26-16-9-6-10-17-26)21-12-11-20-30(33(41)37-24-25-14-7-5-8-15-25)38-32(40)27-18-13-19-28(22-27)34(42)44-4;1-11-7-3-2-4-8(10)5-6-9;;/h5-10,13,15-20,27,35-37H,11-12,14,21-26,28-29H2,1-4H3,(H,44,50)(H,45,52)(H,46,51);5-10,13-19,22,29-31H,11-12,20-21,23-24H2,1-4H3,(H,37,41)(H,38,40);2-7,9H2,1H3;1H4;1H/t35?,36-,37?;29?,30-,31?;;;/m00.../s1. The van der Waals surface area contributed by atoms with Crippen molar-refractivity contribution in [2.24, 2.45) is 5.73 Å². The number of ether oxygens (including phenoxy) is 5. The highest BCUT2D eigenvalue weighted by Gasteiger charge is 2.47. The maximum Gasteiger partial charge on any atom is 0.410 e. The number of methoxy groups -OCH3 is 3. The third-order valence-electron chi connectivity index (χ3n) is 18.3. The van der Waals surface area contributed by atoms with Crippen molar-refractivity contribution in [2.75, 3.05) is 54.1 Å². The van der Waals surface area contributed by atoms with E-state index in [1.54, 1.807) is 48.4 Å². The van der Waals surface area contributed by atoms with Crippen LogP contribution >= 0.6 is 12.4 Å². The first kappa shape index (κ1) is 95.1. The van der Waals surface area contributed by atoms with Crippen LogP contribution in [0.4, 0.5) is 9.59 Å². The fourth-order valence-corrected chi connectivity index (χ4v) is 12.3. The summed E-state index contributed by atoms with van der Waals surface area (Å²) in [4.78, 5) is 143. The van der Waals surface area contributed by atoms with E-state index in [9.17, 15) is 52.7 Å². The van der Waals surface area contributed by atoms with Gasteiger partial charge in [0.25, 0.3) is 17.7 Å². The number of Topliss-reactive ketones (excluding diaryl/α,β-unsaturated/α-hetero) is 2. The lowest BCUT2D eigenvalue weighted by molar-refractivity contribution is -0.140. The van der Waals surface area contributed by atoms with Gasteiger partial charge >= 0.3 is 24.1 Å². The Balaban J connectivity index is 0.000000419. The molecule has 0 bridgehead atoms. The molecule has 0 aromatic heterocycles. The Morgan fingerprint density at radius 1 is 0.451 bits per heavy atom. The number of unbranched alkanes of at least 4 members (excludes halogenated alkanes) is 3. The van der Waals surface area contributed by atoms with Gasteiger partial charge in [-0.15, -0.1) is 12.4 Å². The Labute approximate surface area is 673 Å². The molecule has 0 spiro atoms. The van der Waals surface area contributed by atoms with Crippen molar-refractivity contribution >= 4 is 77.6 Å². The van der Waals surface area contributed by atoms with Gasteiger partial charge < -0.3 is 65.8 Å². The number of nitrogens with one attached hydrogen (secondary N) is 5. The Bertz CT molecular complexity index is 3950. The summed E-state index contributed by atoms with van der Waals surface area (Å²) in [6, 6.07) is 49.9. The van der Waals surface area contributed by atoms with Crippen LogP contribution in [0.5, 0.6) is 0 Å². The molecule has 6 aromatic rings. The second-order valence-corrected chi connectivity index (χ2v) is 29.6. The van der Waals surface area contributed by atoms with Gasteiger partial charge in [-0.05, 0) is 177 Å². The van der Waals surface area contributed by atoms with Gasteiger partial charge in [0.2, 0.25) is 11.8 Å². The topological polar surface area (TPSA) is 327 Å². The van der Waals surface area contributed by atoms with E-state index < -0.39 is 47.0 Å². The van der Waals surface area contributed by atoms with E-state index in [1.807, 2.05) is 144 Å². The first-order chi connectivity index (χ1) is 53.2. The number of nitrogens with two attached hydrogens (primary N) is 1. The van der Waals surface area contributed by atoms with Gasteiger partial charge in [-0.1, -0.05) is 141 Å². The van der Waals surface area contributed by atoms with Crippen molar-refractivity contribution in [1.29, 1.82) is 0 Å². The third kappa shape index (κ3) is 35.5. The Morgan fingerprint density at radius 2 is 0.858 bits per heavy atom. The van der Waals surface area contributed by atoms with Gasteiger partial charge in [-0.25, -0.2) is 14.4 Å². The molecule has 2 fully saturated rings. The first-order valence-corrected chi connectivity index (χ1v) is 38.4. The second kappa shape index (κ2) is 49.9. The van der Waals surface area contributed by atoms with Crippen LogP contribution in [0.1, 0.15) is 227 Å². The molecular weight excluding hydrogens is 1460 g/mol. The van der Waals surface area contributed by atoms with E-state index in [0.717, 1.165) is 43.4 Å². The van der Waals surface area contributed by atoms with Gasteiger partial charge in [0.1, 0.15) is 34.9 Å². The van der Waals surface area contributed by atoms with Crippen LogP contribution in [0.3, 0.4) is 0 Å². The van der Waals surface area contributed by atoms with Crippen LogP contribution in [0, 0.1) is 0 Å². The molecule has 2 saturated carbocycles. The molecule has 0 saturated heterocycles. The number of esters is 2. The van der Waals surface area contributed by atoms with Crippen LogP contribution in [0.2, 0.25) is 0 Å². The number of nitrogens with zero attached hydrogens (tertiary/aromatic N) is 2. The largest absolute Gasteiger partial charge is 0.469 e. The van der Waals surface area contributed by atoms with E-state index in [-0.39, 0.29) is 140 Å². The molecule has 614 valence electrons. The molecule has 7 N–H and O–H groups in total.